The van der Waals surface area contributed by atoms with Gasteiger partial charge in [-0.15, -0.1) is 0 Å². The average Bonchev–Trinajstić information content (AvgIpc) is 2.86. The number of benzene rings is 1. The highest BCUT2D eigenvalue weighted by Crippen LogP contribution is 2.26. The van der Waals surface area contributed by atoms with Gasteiger partial charge in [0, 0.05) is 6.08 Å². The number of hydrogen-bond donors (Lipinski definition) is 3. The van der Waals surface area contributed by atoms with Crippen LogP contribution in [0.5, 0.6) is 11.5 Å². The SMILES string of the molecule is COC1=CC(/C=C/C(O)=C/C(=O)/C=C/c2ccc(O)c(OC)c2)=CCC=C1O. The fourth-order valence-electron chi connectivity index (χ4n) is 2.37. The van der Waals surface area contributed by atoms with Crippen molar-refractivity contribution in [3.05, 3.63) is 89.1 Å². The summed E-state index contributed by atoms with van der Waals surface area (Å²) in [6.07, 6.45) is 12.5. The molecule has 0 saturated heterocycles. The molecule has 0 saturated carbocycles. The first-order valence-electron chi connectivity index (χ1n) is 8.46. The standard InChI is InChI=1S/C22H22O6/c1-27-21-12-15(4-3-5-19(21)25)6-9-17(23)14-18(24)10-7-16-8-11-20(26)22(13-16)28-2/h4-14,23,25-26H,3H2,1-2H3/b9-6+,10-7+,17-14-. The van der Waals surface area contributed by atoms with Gasteiger partial charge in [0.2, 0.25) is 0 Å². The summed E-state index contributed by atoms with van der Waals surface area (Å²) < 4.78 is 10.1. The molecule has 0 fully saturated rings. The Hall–Kier alpha value is -3.67. The van der Waals surface area contributed by atoms with Gasteiger partial charge in [0.1, 0.15) is 5.76 Å². The molecule has 1 aromatic rings. The van der Waals surface area contributed by atoms with Crippen LogP contribution >= 0.6 is 0 Å². The van der Waals surface area contributed by atoms with Crippen LogP contribution in [-0.4, -0.2) is 35.3 Å². The summed E-state index contributed by atoms with van der Waals surface area (Å²) in [5, 5.41) is 29.2. The molecule has 28 heavy (non-hydrogen) atoms. The van der Waals surface area contributed by atoms with Crippen LogP contribution in [0.3, 0.4) is 0 Å². The number of allylic oxidation sites excluding steroid dienone is 8. The quantitative estimate of drug-likeness (QED) is 0.370. The van der Waals surface area contributed by atoms with Crippen LogP contribution in [-0.2, 0) is 9.53 Å². The summed E-state index contributed by atoms with van der Waals surface area (Å²) in [5.74, 6) is 0.0599. The lowest BCUT2D eigenvalue weighted by Crippen LogP contribution is -1.91. The van der Waals surface area contributed by atoms with Crippen molar-refractivity contribution in [2.75, 3.05) is 14.2 Å². The number of aliphatic hydroxyl groups is 2. The summed E-state index contributed by atoms with van der Waals surface area (Å²) in [6.45, 7) is 0. The molecule has 0 bridgehead atoms. The predicted octanol–water partition coefficient (Wildman–Crippen LogP) is 4.28. The Morgan fingerprint density at radius 1 is 1.07 bits per heavy atom. The average molecular weight is 382 g/mol. The minimum Gasteiger partial charge on any atom is -0.508 e. The summed E-state index contributed by atoms with van der Waals surface area (Å²) in [4.78, 5) is 12.0. The molecule has 1 aliphatic rings. The number of ketones is 1. The van der Waals surface area contributed by atoms with E-state index in [9.17, 15) is 20.1 Å². The second-order valence-electron chi connectivity index (χ2n) is 5.81. The predicted molar refractivity (Wildman–Crippen MR) is 107 cm³/mol. The molecule has 0 unspecified atom stereocenters. The highest BCUT2D eigenvalue weighted by molar-refractivity contribution is 6.02. The van der Waals surface area contributed by atoms with Gasteiger partial charge in [-0.1, -0.05) is 24.3 Å². The molecule has 146 valence electrons. The van der Waals surface area contributed by atoms with Crippen molar-refractivity contribution in [2.24, 2.45) is 0 Å². The van der Waals surface area contributed by atoms with Gasteiger partial charge in [-0.05, 0) is 54.0 Å². The summed E-state index contributed by atoms with van der Waals surface area (Å²) in [7, 11) is 2.89. The van der Waals surface area contributed by atoms with E-state index in [0.29, 0.717) is 23.5 Å². The number of rotatable bonds is 7. The lowest BCUT2D eigenvalue weighted by atomic mass is 10.1. The molecule has 3 N–H and O–H groups in total. The minimum absolute atomic E-state index is 0.00988. The van der Waals surface area contributed by atoms with E-state index in [1.165, 1.54) is 32.4 Å². The smallest absolute Gasteiger partial charge is 0.182 e. The van der Waals surface area contributed by atoms with E-state index in [1.54, 1.807) is 36.4 Å². The summed E-state index contributed by atoms with van der Waals surface area (Å²) in [5.41, 5.74) is 1.39. The molecule has 6 nitrogen and oxygen atoms in total. The molecule has 0 aliphatic heterocycles. The third-order valence-corrected chi connectivity index (χ3v) is 3.82. The number of phenols is 1. The monoisotopic (exact) mass is 382 g/mol. The van der Waals surface area contributed by atoms with Gasteiger partial charge in [-0.2, -0.15) is 0 Å². The Kier molecular flexibility index (Phi) is 7.28. The van der Waals surface area contributed by atoms with E-state index in [-0.39, 0.29) is 17.3 Å². The van der Waals surface area contributed by atoms with Gasteiger partial charge in [0.05, 0.1) is 14.2 Å². The highest BCUT2D eigenvalue weighted by Gasteiger charge is 2.06. The maximum Gasteiger partial charge on any atom is 0.182 e. The Morgan fingerprint density at radius 2 is 1.86 bits per heavy atom. The normalized spacial score (nSPS) is 15.1. The number of hydrogen-bond acceptors (Lipinski definition) is 6. The number of methoxy groups -OCH3 is 2. The van der Waals surface area contributed by atoms with Crippen LogP contribution in [0.2, 0.25) is 0 Å². The fraction of sp³-hybridized carbons (Fsp3) is 0.136. The zero-order valence-electron chi connectivity index (χ0n) is 15.6. The van der Waals surface area contributed by atoms with Crippen LogP contribution in [0.4, 0.5) is 0 Å². The van der Waals surface area contributed by atoms with Crippen molar-refractivity contribution in [2.45, 2.75) is 6.42 Å². The Morgan fingerprint density at radius 3 is 2.57 bits per heavy atom. The first kappa shape index (κ1) is 20.6. The molecule has 0 atom stereocenters. The lowest BCUT2D eigenvalue weighted by molar-refractivity contribution is -0.110. The second-order valence-corrected chi connectivity index (χ2v) is 5.81. The molecular formula is C22H22O6. The van der Waals surface area contributed by atoms with Crippen LogP contribution in [0.15, 0.2) is 83.6 Å². The van der Waals surface area contributed by atoms with Crippen molar-refractivity contribution in [1.29, 1.82) is 0 Å². The van der Waals surface area contributed by atoms with E-state index < -0.39 is 5.78 Å². The summed E-state index contributed by atoms with van der Waals surface area (Å²) >= 11 is 0. The third kappa shape index (κ3) is 5.95. The van der Waals surface area contributed by atoms with Crippen molar-refractivity contribution < 1.29 is 29.6 Å². The first-order valence-corrected chi connectivity index (χ1v) is 8.46. The molecule has 1 aliphatic carbocycles. The molecule has 0 amide bonds. The Balaban J connectivity index is 2.05. The number of ether oxygens (including phenoxy) is 2. The second kappa shape index (κ2) is 9.87. The van der Waals surface area contributed by atoms with E-state index >= 15 is 0 Å². The van der Waals surface area contributed by atoms with Crippen molar-refractivity contribution in [3.63, 3.8) is 0 Å². The van der Waals surface area contributed by atoms with E-state index in [1.807, 2.05) is 6.08 Å². The zero-order valence-corrected chi connectivity index (χ0v) is 15.6. The number of carbonyl (C=O) groups is 1. The van der Waals surface area contributed by atoms with Crippen molar-refractivity contribution in [3.8, 4) is 11.5 Å². The highest BCUT2D eigenvalue weighted by atomic mass is 16.5. The topological polar surface area (TPSA) is 96.2 Å². The molecule has 6 heteroatoms. The van der Waals surface area contributed by atoms with Crippen LogP contribution < -0.4 is 4.74 Å². The lowest BCUT2D eigenvalue weighted by Gasteiger charge is -2.03. The van der Waals surface area contributed by atoms with Crippen molar-refractivity contribution >= 4 is 11.9 Å². The largest absolute Gasteiger partial charge is 0.508 e. The number of aliphatic hydroxyl groups excluding tert-OH is 2. The Bertz CT molecular complexity index is 913. The number of carbonyl (C=O) groups excluding carboxylic acids is 1. The maximum atomic E-state index is 12.0. The Labute approximate surface area is 163 Å². The number of aromatic hydroxyl groups is 1. The first-order chi connectivity index (χ1) is 13.4. The summed E-state index contributed by atoms with van der Waals surface area (Å²) in [6, 6.07) is 4.69. The van der Waals surface area contributed by atoms with Crippen LogP contribution in [0, 0.1) is 0 Å². The molecule has 0 aromatic heterocycles. The van der Waals surface area contributed by atoms with Crippen LogP contribution in [0.1, 0.15) is 12.0 Å². The minimum atomic E-state index is -0.406. The van der Waals surface area contributed by atoms with Gasteiger partial charge in [0.15, 0.2) is 28.8 Å². The van der Waals surface area contributed by atoms with Gasteiger partial charge in [0.25, 0.3) is 0 Å². The van der Waals surface area contributed by atoms with Crippen molar-refractivity contribution in [1.82, 2.24) is 0 Å². The van der Waals surface area contributed by atoms with E-state index in [0.717, 1.165) is 11.6 Å². The van der Waals surface area contributed by atoms with E-state index in [4.69, 9.17) is 9.47 Å². The van der Waals surface area contributed by atoms with Gasteiger partial charge in [-0.3, -0.25) is 4.79 Å². The zero-order chi connectivity index (χ0) is 20.5. The maximum absolute atomic E-state index is 12.0. The van der Waals surface area contributed by atoms with Gasteiger partial charge >= 0.3 is 0 Å². The molecule has 2 rings (SSSR count). The number of phenolic OH excluding ortho intramolecular Hbond substituents is 1. The molecular weight excluding hydrogens is 360 g/mol. The van der Waals surface area contributed by atoms with Gasteiger partial charge in [-0.25, -0.2) is 0 Å². The molecule has 0 spiro atoms. The van der Waals surface area contributed by atoms with E-state index in [2.05, 4.69) is 0 Å². The molecule has 1 aromatic carbocycles. The van der Waals surface area contributed by atoms with Gasteiger partial charge < -0.3 is 24.8 Å². The third-order valence-electron chi connectivity index (χ3n) is 3.82. The van der Waals surface area contributed by atoms with Crippen LogP contribution in [0.25, 0.3) is 6.08 Å². The fourth-order valence-corrected chi connectivity index (χ4v) is 2.37. The molecule has 0 radical (unpaired) electrons. The molecule has 0 heterocycles.